The quantitative estimate of drug-likeness (QED) is 0.619. The van der Waals surface area contributed by atoms with Gasteiger partial charge in [0.1, 0.15) is 0 Å². The van der Waals surface area contributed by atoms with Gasteiger partial charge < -0.3 is 4.74 Å². The number of hydrogen-bond acceptors (Lipinski definition) is 3. The van der Waals surface area contributed by atoms with Crippen LogP contribution < -0.4 is 11.3 Å². The molecule has 0 saturated carbocycles. The molecule has 3 unspecified atom stereocenters. The van der Waals surface area contributed by atoms with E-state index >= 15 is 0 Å². The number of rotatable bonds is 6. The van der Waals surface area contributed by atoms with Crippen molar-refractivity contribution in [1.29, 1.82) is 0 Å². The highest BCUT2D eigenvalue weighted by Gasteiger charge is 2.34. The molecule has 0 bridgehead atoms. The normalized spacial score (nSPS) is 24.2. The maximum Gasteiger partial charge on any atom is 0.0620 e. The summed E-state index contributed by atoms with van der Waals surface area (Å²) in [6.07, 6.45) is 3.57. The van der Waals surface area contributed by atoms with Gasteiger partial charge >= 0.3 is 0 Å². The SMILES string of the molecule is CCC1OCCC1C(NN)c1cccc(CC(C)C)c1. The Hall–Kier alpha value is -0.900. The molecule has 2 rings (SSSR count). The molecule has 112 valence electrons. The van der Waals surface area contributed by atoms with E-state index in [1.54, 1.807) is 0 Å². The van der Waals surface area contributed by atoms with Crippen molar-refractivity contribution in [2.45, 2.75) is 52.2 Å². The zero-order chi connectivity index (χ0) is 14.5. The second-order valence-electron chi connectivity index (χ2n) is 6.26. The van der Waals surface area contributed by atoms with Crippen molar-refractivity contribution in [3.8, 4) is 0 Å². The summed E-state index contributed by atoms with van der Waals surface area (Å²) in [4.78, 5) is 0. The van der Waals surface area contributed by atoms with Crippen molar-refractivity contribution in [1.82, 2.24) is 5.43 Å². The van der Waals surface area contributed by atoms with Crippen molar-refractivity contribution >= 4 is 0 Å². The van der Waals surface area contributed by atoms with E-state index in [4.69, 9.17) is 10.6 Å². The molecule has 1 fully saturated rings. The smallest absolute Gasteiger partial charge is 0.0620 e. The Kier molecular flexibility index (Phi) is 5.58. The molecular weight excluding hydrogens is 248 g/mol. The second kappa shape index (κ2) is 7.21. The third-order valence-corrected chi connectivity index (χ3v) is 4.22. The highest BCUT2D eigenvalue weighted by Crippen LogP contribution is 2.34. The molecular formula is C17H28N2O. The lowest BCUT2D eigenvalue weighted by Gasteiger charge is -2.27. The Bertz CT molecular complexity index is 419. The average Bonchev–Trinajstić information content (AvgIpc) is 2.87. The Balaban J connectivity index is 2.18. The minimum atomic E-state index is 0.189. The molecule has 0 amide bonds. The van der Waals surface area contributed by atoms with Crippen molar-refractivity contribution in [2.75, 3.05) is 6.61 Å². The van der Waals surface area contributed by atoms with Crippen LogP contribution in [0.15, 0.2) is 24.3 Å². The van der Waals surface area contributed by atoms with Crippen LogP contribution in [0.1, 0.15) is 50.8 Å². The molecule has 1 heterocycles. The summed E-state index contributed by atoms with van der Waals surface area (Å²) in [5, 5.41) is 0. The van der Waals surface area contributed by atoms with Gasteiger partial charge in [-0.15, -0.1) is 0 Å². The van der Waals surface area contributed by atoms with Crippen molar-refractivity contribution in [2.24, 2.45) is 17.7 Å². The fourth-order valence-electron chi connectivity index (χ4n) is 3.32. The maximum absolute atomic E-state index is 5.85. The van der Waals surface area contributed by atoms with Gasteiger partial charge in [0.15, 0.2) is 0 Å². The number of nitrogens with two attached hydrogens (primary N) is 1. The number of nitrogens with one attached hydrogen (secondary N) is 1. The van der Waals surface area contributed by atoms with E-state index < -0.39 is 0 Å². The van der Waals surface area contributed by atoms with E-state index in [9.17, 15) is 0 Å². The summed E-state index contributed by atoms with van der Waals surface area (Å²) in [6.45, 7) is 7.55. The van der Waals surface area contributed by atoms with E-state index in [1.807, 2.05) is 0 Å². The zero-order valence-corrected chi connectivity index (χ0v) is 12.9. The van der Waals surface area contributed by atoms with E-state index in [1.165, 1.54) is 11.1 Å². The monoisotopic (exact) mass is 276 g/mol. The maximum atomic E-state index is 5.85. The Morgan fingerprint density at radius 3 is 2.85 bits per heavy atom. The van der Waals surface area contributed by atoms with E-state index in [0.717, 1.165) is 25.9 Å². The Morgan fingerprint density at radius 2 is 2.20 bits per heavy atom. The number of hydrogen-bond donors (Lipinski definition) is 2. The molecule has 20 heavy (non-hydrogen) atoms. The molecule has 3 heteroatoms. The third kappa shape index (κ3) is 3.60. The van der Waals surface area contributed by atoms with E-state index in [-0.39, 0.29) is 6.04 Å². The lowest BCUT2D eigenvalue weighted by molar-refractivity contribution is 0.0774. The van der Waals surface area contributed by atoms with E-state index in [0.29, 0.717) is 17.9 Å². The van der Waals surface area contributed by atoms with Crippen LogP contribution in [0.2, 0.25) is 0 Å². The summed E-state index contributed by atoms with van der Waals surface area (Å²) >= 11 is 0. The first-order chi connectivity index (χ1) is 9.65. The summed E-state index contributed by atoms with van der Waals surface area (Å²) < 4.78 is 5.82. The number of ether oxygens (including phenoxy) is 1. The lowest BCUT2D eigenvalue weighted by atomic mass is 9.86. The molecule has 0 aromatic heterocycles. The van der Waals surface area contributed by atoms with Gasteiger partial charge in [0, 0.05) is 12.5 Å². The zero-order valence-electron chi connectivity index (χ0n) is 12.9. The molecule has 0 aliphatic carbocycles. The number of benzene rings is 1. The molecule has 1 aliphatic heterocycles. The minimum Gasteiger partial charge on any atom is -0.378 e. The fourth-order valence-corrected chi connectivity index (χ4v) is 3.32. The molecule has 0 radical (unpaired) electrons. The Labute approximate surface area is 122 Å². The minimum absolute atomic E-state index is 0.189. The highest BCUT2D eigenvalue weighted by atomic mass is 16.5. The fraction of sp³-hybridized carbons (Fsp3) is 0.647. The summed E-state index contributed by atoms with van der Waals surface area (Å²) in [5.41, 5.74) is 5.71. The predicted octanol–water partition coefficient (Wildman–Crippen LogP) is 3.20. The molecule has 1 aromatic carbocycles. The summed E-state index contributed by atoms with van der Waals surface area (Å²) in [5.74, 6) is 6.99. The lowest BCUT2D eigenvalue weighted by Crippen LogP contribution is -2.36. The van der Waals surface area contributed by atoms with Crippen molar-refractivity contribution in [3.05, 3.63) is 35.4 Å². The van der Waals surface area contributed by atoms with Gasteiger partial charge in [-0.1, -0.05) is 45.0 Å². The first kappa shape index (κ1) is 15.5. The molecule has 1 aliphatic rings. The van der Waals surface area contributed by atoms with Crippen LogP contribution in [-0.2, 0) is 11.2 Å². The Morgan fingerprint density at radius 1 is 1.40 bits per heavy atom. The molecule has 3 N–H and O–H groups in total. The van der Waals surface area contributed by atoms with Crippen LogP contribution in [0.5, 0.6) is 0 Å². The third-order valence-electron chi connectivity index (χ3n) is 4.22. The molecule has 3 atom stereocenters. The van der Waals surface area contributed by atoms with Crippen LogP contribution >= 0.6 is 0 Å². The number of hydrazine groups is 1. The van der Waals surface area contributed by atoms with E-state index in [2.05, 4.69) is 50.5 Å². The summed E-state index contributed by atoms with van der Waals surface area (Å²) in [6, 6.07) is 9.03. The second-order valence-corrected chi connectivity index (χ2v) is 6.26. The van der Waals surface area contributed by atoms with Crippen LogP contribution in [-0.4, -0.2) is 12.7 Å². The summed E-state index contributed by atoms with van der Waals surface area (Å²) in [7, 11) is 0. The average molecular weight is 276 g/mol. The predicted molar refractivity (Wildman–Crippen MR) is 83.2 cm³/mol. The highest BCUT2D eigenvalue weighted by molar-refractivity contribution is 5.27. The van der Waals surface area contributed by atoms with Gasteiger partial charge in [0.05, 0.1) is 12.1 Å². The first-order valence-corrected chi connectivity index (χ1v) is 7.82. The van der Waals surface area contributed by atoms with Crippen LogP contribution in [0, 0.1) is 11.8 Å². The van der Waals surface area contributed by atoms with Crippen molar-refractivity contribution in [3.63, 3.8) is 0 Å². The topological polar surface area (TPSA) is 47.3 Å². The van der Waals surface area contributed by atoms with Gasteiger partial charge in [-0.05, 0) is 36.3 Å². The largest absolute Gasteiger partial charge is 0.378 e. The van der Waals surface area contributed by atoms with Crippen LogP contribution in [0.25, 0.3) is 0 Å². The van der Waals surface area contributed by atoms with Gasteiger partial charge in [-0.3, -0.25) is 11.3 Å². The van der Waals surface area contributed by atoms with Gasteiger partial charge in [-0.2, -0.15) is 0 Å². The van der Waals surface area contributed by atoms with Gasteiger partial charge in [0.2, 0.25) is 0 Å². The van der Waals surface area contributed by atoms with Crippen molar-refractivity contribution < 1.29 is 4.74 Å². The van der Waals surface area contributed by atoms with Gasteiger partial charge in [-0.25, -0.2) is 0 Å². The standard InChI is InChI=1S/C17H28N2O/c1-4-16-15(8-9-20-16)17(19-18)14-7-5-6-13(11-14)10-12(2)3/h5-7,11-12,15-17,19H,4,8-10,18H2,1-3H3. The van der Waals surface area contributed by atoms with Crippen LogP contribution in [0.3, 0.4) is 0 Å². The molecule has 3 nitrogen and oxygen atoms in total. The molecule has 0 spiro atoms. The van der Waals surface area contributed by atoms with Gasteiger partial charge in [0.25, 0.3) is 0 Å². The molecule has 1 aromatic rings. The van der Waals surface area contributed by atoms with Crippen LogP contribution in [0.4, 0.5) is 0 Å². The molecule has 1 saturated heterocycles. The first-order valence-electron chi connectivity index (χ1n) is 7.82.